The van der Waals surface area contributed by atoms with Crippen LogP contribution < -0.4 is 10.1 Å². The zero-order chi connectivity index (χ0) is 22.1. The normalized spacial score (nSPS) is 11.7. The Kier molecular flexibility index (Phi) is 8.87. The van der Waals surface area contributed by atoms with E-state index in [0.717, 1.165) is 18.6 Å². The second-order valence-corrected chi connectivity index (χ2v) is 9.55. The first-order valence-electron chi connectivity index (χ1n) is 10.4. The molecule has 0 radical (unpaired) electrons. The maximum atomic E-state index is 12.8. The molecule has 7 heteroatoms. The molecule has 6 nitrogen and oxygen atoms in total. The van der Waals surface area contributed by atoms with Crippen molar-refractivity contribution < 1.29 is 17.9 Å². The molecule has 1 amide bonds. The van der Waals surface area contributed by atoms with Gasteiger partial charge in [0.05, 0.1) is 11.5 Å². The van der Waals surface area contributed by atoms with Crippen molar-refractivity contribution >= 4 is 21.6 Å². The highest BCUT2D eigenvalue weighted by Gasteiger charge is 2.22. The minimum Gasteiger partial charge on any atom is -0.493 e. The van der Waals surface area contributed by atoms with E-state index in [1.807, 2.05) is 13.8 Å². The van der Waals surface area contributed by atoms with Crippen LogP contribution in [0.25, 0.3) is 0 Å². The molecule has 0 spiro atoms. The van der Waals surface area contributed by atoms with Crippen molar-refractivity contribution in [2.24, 2.45) is 5.92 Å². The van der Waals surface area contributed by atoms with Crippen molar-refractivity contribution in [3.05, 3.63) is 54.1 Å². The van der Waals surface area contributed by atoms with Crippen LogP contribution in [0.3, 0.4) is 0 Å². The second kappa shape index (κ2) is 11.1. The average Bonchev–Trinajstić information content (AvgIpc) is 2.72. The molecule has 164 valence electrons. The number of rotatable bonds is 11. The van der Waals surface area contributed by atoms with E-state index in [0.29, 0.717) is 36.9 Å². The van der Waals surface area contributed by atoms with Crippen LogP contribution in [0.4, 0.5) is 5.69 Å². The smallest absolute Gasteiger partial charge is 0.255 e. The first-order valence-corrected chi connectivity index (χ1v) is 11.9. The van der Waals surface area contributed by atoms with Gasteiger partial charge in [-0.05, 0) is 67.3 Å². The molecule has 2 aromatic carbocycles. The van der Waals surface area contributed by atoms with E-state index in [9.17, 15) is 13.2 Å². The number of benzene rings is 2. The molecular formula is C23H32N2O4S. The fourth-order valence-corrected chi connectivity index (χ4v) is 4.50. The van der Waals surface area contributed by atoms with E-state index < -0.39 is 10.0 Å². The third-order valence-corrected chi connectivity index (χ3v) is 6.31. The largest absolute Gasteiger partial charge is 0.493 e. The van der Waals surface area contributed by atoms with Crippen molar-refractivity contribution in [1.29, 1.82) is 0 Å². The standard InChI is InChI=1S/C23H32N2O4S/c1-5-15-25(16-6-2)30(27,28)22-13-9-20(10-14-22)24-23(26)19-7-11-21(12-8-19)29-17-18(3)4/h7-14,18H,5-6,15-17H2,1-4H3,(H,24,26). The molecular weight excluding hydrogens is 400 g/mol. The molecule has 0 aliphatic carbocycles. The number of carbonyl (C=O) groups is 1. The van der Waals surface area contributed by atoms with Crippen molar-refractivity contribution in [1.82, 2.24) is 4.31 Å². The highest BCUT2D eigenvalue weighted by atomic mass is 32.2. The second-order valence-electron chi connectivity index (χ2n) is 7.61. The first-order chi connectivity index (χ1) is 14.3. The molecule has 0 aromatic heterocycles. The molecule has 0 fully saturated rings. The fraction of sp³-hybridized carbons (Fsp3) is 0.435. The van der Waals surface area contributed by atoms with Gasteiger partial charge in [-0.2, -0.15) is 4.31 Å². The van der Waals surface area contributed by atoms with E-state index >= 15 is 0 Å². The van der Waals surface area contributed by atoms with Crippen LogP contribution in [-0.4, -0.2) is 38.3 Å². The van der Waals surface area contributed by atoms with Crippen LogP contribution in [0, 0.1) is 5.92 Å². The summed E-state index contributed by atoms with van der Waals surface area (Å²) in [5.41, 5.74) is 1.04. The molecule has 30 heavy (non-hydrogen) atoms. The van der Waals surface area contributed by atoms with Crippen LogP contribution in [0.5, 0.6) is 5.75 Å². The maximum Gasteiger partial charge on any atom is 0.255 e. The van der Waals surface area contributed by atoms with Crippen LogP contribution in [0.2, 0.25) is 0 Å². The zero-order valence-electron chi connectivity index (χ0n) is 18.2. The predicted molar refractivity (Wildman–Crippen MR) is 121 cm³/mol. The molecule has 0 unspecified atom stereocenters. The predicted octanol–water partition coefficient (Wildman–Crippen LogP) is 4.78. The summed E-state index contributed by atoms with van der Waals surface area (Å²) in [6.45, 7) is 9.67. The molecule has 0 saturated carbocycles. The van der Waals surface area contributed by atoms with Crippen molar-refractivity contribution in [2.75, 3.05) is 25.0 Å². The van der Waals surface area contributed by atoms with Crippen LogP contribution in [0.1, 0.15) is 50.9 Å². The Bertz CT molecular complexity index is 901. The number of hydrogen-bond acceptors (Lipinski definition) is 4. The van der Waals surface area contributed by atoms with Gasteiger partial charge in [0.15, 0.2) is 0 Å². The van der Waals surface area contributed by atoms with Gasteiger partial charge in [-0.3, -0.25) is 4.79 Å². The Morgan fingerprint density at radius 2 is 1.53 bits per heavy atom. The number of nitrogens with zero attached hydrogens (tertiary/aromatic N) is 1. The van der Waals surface area contributed by atoms with Gasteiger partial charge in [-0.25, -0.2) is 8.42 Å². The Labute approximate surface area is 180 Å². The number of carbonyl (C=O) groups excluding carboxylic acids is 1. The third-order valence-electron chi connectivity index (χ3n) is 4.40. The van der Waals surface area contributed by atoms with Gasteiger partial charge in [0.1, 0.15) is 5.75 Å². The number of amides is 1. The van der Waals surface area contributed by atoms with Gasteiger partial charge in [0.25, 0.3) is 5.91 Å². The lowest BCUT2D eigenvalue weighted by molar-refractivity contribution is 0.102. The summed E-state index contributed by atoms with van der Waals surface area (Å²) in [6, 6.07) is 13.2. The van der Waals surface area contributed by atoms with Crippen LogP contribution in [0.15, 0.2) is 53.4 Å². The van der Waals surface area contributed by atoms with Gasteiger partial charge >= 0.3 is 0 Å². The van der Waals surface area contributed by atoms with E-state index in [1.165, 1.54) is 16.4 Å². The van der Waals surface area contributed by atoms with Crippen molar-refractivity contribution in [2.45, 2.75) is 45.4 Å². The number of ether oxygens (including phenoxy) is 1. The quantitative estimate of drug-likeness (QED) is 0.554. The van der Waals surface area contributed by atoms with Gasteiger partial charge in [-0.15, -0.1) is 0 Å². The first kappa shape index (κ1) is 23.9. The topological polar surface area (TPSA) is 75.7 Å². The SMILES string of the molecule is CCCN(CCC)S(=O)(=O)c1ccc(NC(=O)c2ccc(OCC(C)C)cc2)cc1. The lowest BCUT2D eigenvalue weighted by atomic mass is 10.2. The molecule has 1 N–H and O–H groups in total. The van der Waals surface area contributed by atoms with Gasteiger partial charge in [-0.1, -0.05) is 27.7 Å². The Morgan fingerprint density at radius 3 is 2.03 bits per heavy atom. The van der Waals surface area contributed by atoms with E-state index in [2.05, 4.69) is 19.2 Å². The maximum absolute atomic E-state index is 12.8. The average molecular weight is 433 g/mol. The Hall–Kier alpha value is -2.38. The van der Waals surface area contributed by atoms with Crippen LogP contribution in [-0.2, 0) is 10.0 Å². The summed E-state index contributed by atoms with van der Waals surface area (Å²) in [7, 11) is -3.53. The summed E-state index contributed by atoms with van der Waals surface area (Å²) in [5, 5.41) is 2.80. The number of sulfonamides is 1. The monoisotopic (exact) mass is 432 g/mol. The van der Waals surface area contributed by atoms with Crippen molar-refractivity contribution in [3.8, 4) is 5.75 Å². The Balaban J connectivity index is 2.05. The minimum atomic E-state index is -3.53. The summed E-state index contributed by atoms with van der Waals surface area (Å²) in [4.78, 5) is 12.7. The molecule has 0 atom stereocenters. The van der Waals surface area contributed by atoms with E-state index in [4.69, 9.17) is 4.74 Å². The minimum absolute atomic E-state index is 0.231. The summed E-state index contributed by atoms with van der Waals surface area (Å²) in [5.74, 6) is 0.883. The number of nitrogens with one attached hydrogen (secondary N) is 1. The van der Waals surface area contributed by atoms with Gasteiger partial charge in [0.2, 0.25) is 10.0 Å². The summed E-state index contributed by atoms with van der Waals surface area (Å²) in [6.07, 6.45) is 1.52. The molecule has 0 bridgehead atoms. The van der Waals surface area contributed by atoms with Crippen molar-refractivity contribution in [3.63, 3.8) is 0 Å². The summed E-state index contributed by atoms with van der Waals surface area (Å²) < 4.78 is 32.8. The lowest BCUT2D eigenvalue weighted by Gasteiger charge is -2.21. The molecule has 0 saturated heterocycles. The number of hydrogen-bond donors (Lipinski definition) is 1. The van der Waals surface area contributed by atoms with Gasteiger partial charge in [0, 0.05) is 24.3 Å². The highest BCUT2D eigenvalue weighted by molar-refractivity contribution is 7.89. The molecule has 0 aliphatic heterocycles. The van der Waals surface area contributed by atoms with Gasteiger partial charge < -0.3 is 10.1 Å². The molecule has 0 heterocycles. The van der Waals surface area contributed by atoms with E-state index in [1.54, 1.807) is 36.4 Å². The zero-order valence-corrected chi connectivity index (χ0v) is 19.0. The molecule has 0 aliphatic rings. The summed E-state index contributed by atoms with van der Waals surface area (Å²) >= 11 is 0. The number of anilines is 1. The fourth-order valence-electron chi connectivity index (χ4n) is 2.88. The lowest BCUT2D eigenvalue weighted by Crippen LogP contribution is -2.32. The van der Waals surface area contributed by atoms with Crippen LogP contribution >= 0.6 is 0 Å². The molecule has 2 rings (SSSR count). The van der Waals surface area contributed by atoms with E-state index in [-0.39, 0.29) is 10.8 Å². The Morgan fingerprint density at radius 1 is 0.967 bits per heavy atom. The highest BCUT2D eigenvalue weighted by Crippen LogP contribution is 2.20. The molecule has 2 aromatic rings. The third kappa shape index (κ3) is 6.57.